The van der Waals surface area contributed by atoms with Crippen LogP contribution in [0.2, 0.25) is 5.02 Å². The van der Waals surface area contributed by atoms with Gasteiger partial charge in [-0.25, -0.2) is 4.79 Å². The molecule has 1 aromatic carbocycles. The second-order valence-corrected chi connectivity index (χ2v) is 6.33. The third kappa shape index (κ3) is 4.17. The second kappa shape index (κ2) is 7.09. The van der Waals surface area contributed by atoms with Gasteiger partial charge in [0.1, 0.15) is 17.6 Å². The monoisotopic (exact) mass is 347 g/mol. The summed E-state index contributed by atoms with van der Waals surface area (Å²) in [6, 6.07) is 10.5. The van der Waals surface area contributed by atoms with Gasteiger partial charge in [-0.1, -0.05) is 23.7 Å². The molecular formula is C18H18ClNO4. The van der Waals surface area contributed by atoms with E-state index >= 15 is 0 Å². The summed E-state index contributed by atoms with van der Waals surface area (Å²) >= 11 is 5.94. The minimum atomic E-state index is -0.432. The molecule has 0 atom stereocenters. The summed E-state index contributed by atoms with van der Waals surface area (Å²) in [5.41, 5.74) is 0.620. The molecule has 1 aliphatic rings. The molecule has 2 heterocycles. The van der Waals surface area contributed by atoms with Crippen LogP contribution in [0.5, 0.6) is 5.75 Å². The summed E-state index contributed by atoms with van der Waals surface area (Å²) in [5, 5.41) is 0.681. The highest BCUT2D eigenvalue weighted by atomic mass is 35.5. The zero-order valence-corrected chi connectivity index (χ0v) is 14.1. The summed E-state index contributed by atoms with van der Waals surface area (Å²) in [6.45, 7) is 2.77. The Bertz CT molecular complexity index is 796. The van der Waals surface area contributed by atoms with E-state index in [4.69, 9.17) is 20.8 Å². The first kappa shape index (κ1) is 16.6. The molecule has 6 heteroatoms. The molecular weight excluding hydrogens is 330 g/mol. The fraction of sp³-hybridized carbons (Fsp3) is 0.333. The van der Waals surface area contributed by atoms with Gasteiger partial charge in [0.15, 0.2) is 0 Å². The molecule has 126 valence electrons. The Morgan fingerprint density at radius 2 is 2.12 bits per heavy atom. The van der Waals surface area contributed by atoms with Gasteiger partial charge in [0, 0.05) is 17.5 Å². The lowest BCUT2D eigenvalue weighted by molar-refractivity contribution is -0.139. The standard InChI is InChI=1S/C18H18ClNO4/c1-12-7-15(9-18(22)23-12)24-16-10-20(11-16)17(21)6-5-13-3-2-4-14(19)8-13/h2-4,7-9,16H,5-6,10-11H2,1H3. The average molecular weight is 348 g/mol. The fourth-order valence-electron chi connectivity index (χ4n) is 2.65. The largest absolute Gasteiger partial charge is 0.486 e. The predicted molar refractivity (Wildman–Crippen MR) is 90.5 cm³/mol. The van der Waals surface area contributed by atoms with Crippen LogP contribution in [0.25, 0.3) is 0 Å². The van der Waals surface area contributed by atoms with E-state index in [2.05, 4.69) is 0 Å². The number of carbonyl (C=O) groups excluding carboxylic acids is 1. The lowest BCUT2D eigenvalue weighted by atomic mass is 10.1. The van der Waals surface area contributed by atoms with E-state index in [1.54, 1.807) is 17.9 Å². The van der Waals surface area contributed by atoms with E-state index in [0.717, 1.165) is 5.56 Å². The lowest BCUT2D eigenvalue weighted by Crippen LogP contribution is -2.56. The van der Waals surface area contributed by atoms with Crippen LogP contribution in [0.3, 0.4) is 0 Å². The van der Waals surface area contributed by atoms with Gasteiger partial charge in [-0.3, -0.25) is 4.79 Å². The van der Waals surface area contributed by atoms with Crippen LogP contribution >= 0.6 is 11.6 Å². The number of hydrogen-bond acceptors (Lipinski definition) is 4. The van der Waals surface area contributed by atoms with Crippen molar-refractivity contribution in [3.05, 3.63) is 63.2 Å². The zero-order chi connectivity index (χ0) is 17.1. The number of hydrogen-bond donors (Lipinski definition) is 0. The van der Waals surface area contributed by atoms with Gasteiger partial charge in [0.25, 0.3) is 0 Å². The molecule has 0 spiro atoms. The molecule has 0 saturated carbocycles. The van der Waals surface area contributed by atoms with Crippen LogP contribution in [0, 0.1) is 6.92 Å². The highest BCUT2D eigenvalue weighted by Crippen LogP contribution is 2.19. The Hall–Kier alpha value is -2.27. The molecule has 1 amide bonds. The van der Waals surface area contributed by atoms with E-state index in [1.165, 1.54) is 6.07 Å². The smallest absolute Gasteiger partial charge is 0.339 e. The van der Waals surface area contributed by atoms with E-state index < -0.39 is 5.63 Å². The maximum Gasteiger partial charge on any atom is 0.339 e. The molecule has 2 aromatic rings. The molecule has 0 unspecified atom stereocenters. The molecule has 1 aromatic heterocycles. The van der Waals surface area contributed by atoms with Crippen molar-refractivity contribution < 1.29 is 13.9 Å². The normalized spacial score (nSPS) is 14.3. The number of aryl methyl sites for hydroxylation is 2. The third-order valence-corrected chi connectivity index (χ3v) is 4.12. The molecule has 0 bridgehead atoms. The van der Waals surface area contributed by atoms with Crippen molar-refractivity contribution in [2.45, 2.75) is 25.9 Å². The first-order chi connectivity index (χ1) is 11.5. The van der Waals surface area contributed by atoms with Crippen molar-refractivity contribution in [1.82, 2.24) is 4.90 Å². The number of benzene rings is 1. The topological polar surface area (TPSA) is 59.8 Å². The van der Waals surface area contributed by atoms with Gasteiger partial charge < -0.3 is 14.1 Å². The van der Waals surface area contributed by atoms with Crippen molar-refractivity contribution in [3.8, 4) is 5.75 Å². The number of carbonyl (C=O) groups is 1. The number of likely N-dealkylation sites (tertiary alicyclic amines) is 1. The van der Waals surface area contributed by atoms with Crippen LogP contribution in [0.1, 0.15) is 17.7 Å². The molecule has 3 rings (SSSR count). The van der Waals surface area contributed by atoms with Crippen molar-refractivity contribution in [1.29, 1.82) is 0 Å². The van der Waals surface area contributed by atoms with E-state index in [9.17, 15) is 9.59 Å². The van der Waals surface area contributed by atoms with E-state index in [1.807, 2.05) is 24.3 Å². The van der Waals surface area contributed by atoms with Gasteiger partial charge in [0.2, 0.25) is 5.91 Å². The van der Waals surface area contributed by atoms with E-state index in [0.29, 0.717) is 42.5 Å². The number of amides is 1. The first-order valence-corrected chi connectivity index (χ1v) is 8.18. The van der Waals surface area contributed by atoms with Gasteiger partial charge in [-0.05, 0) is 31.0 Å². The average Bonchev–Trinajstić information content (AvgIpc) is 2.47. The molecule has 0 radical (unpaired) electrons. The van der Waals surface area contributed by atoms with Crippen LogP contribution in [0.4, 0.5) is 0 Å². The maximum absolute atomic E-state index is 12.2. The van der Waals surface area contributed by atoms with Crippen LogP contribution in [-0.4, -0.2) is 30.0 Å². The third-order valence-electron chi connectivity index (χ3n) is 3.89. The predicted octanol–water partition coefficient (Wildman–Crippen LogP) is 2.82. The summed E-state index contributed by atoms with van der Waals surface area (Å²) in [7, 11) is 0. The maximum atomic E-state index is 12.2. The number of ether oxygens (including phenoxy) is 1. The Labute approximate surface area is 144 Å². The fourth-order valence-corrected chi connectivity index (χ4v) is 2.87. The van der Waals surface area contributed by atoms with Crippen LogP contribution < -0.4 is 10.4 Å². The molecule has 1 fully saturated rings. The minimum Gasteiger partial charge on any atom is -0.486 e. The summed E-state index contributed by atoms with van der Waals surface area (Å²) < 4.78 is 10.6. The first-order valence-electron chi connectivity index (χ1n) is 7.80. The SMILES string of the molecule is Cc1cc(OC2CN(C(=O)CCc3cccc(Cl)c3)C2)cc(=O)o1. The Balaban J connectivity index is 1.45. The molecule has 5 nitrogen and oxygen atoms in total. The van der Waals surface area contributed by atoms with Crippen molar-refractivity contribution >= 4 is 17.5 Å². The molecule has 0 aliphatic carbocycles. The Morgan fingerprint density at radius 1 is 1.33 bits per heavy atom. The molecule has 1 aliphatic heterocycles. The van der Waals surface area contributed by atoms with Gasteiger partial charge in [-0.15, -0.1) is 0 Å². The number of nitrogens with zero attached hydrogens (tertiary/aromatic N) is 1. The lowest BCUT2D eigenvalue weighted by Gasteiger charge is -2.39. The minimum absolute atomic E-state index is 0.0821. The quantitative estimate of drug-likeness (QED) is 0.834. The summed E-state index contributed by atoms with van der Waals surface area (Å²) in [4.78, 5) is 25.2. The highest BCUT2D eigenvalue weighted by Gasteiger charge is 2.32. The zero-order valence-electron chi connectivity index (χ0n) is 13.3. The Morgan fingerprint density at radius 3 is 2.83 bits per heavy atom. The molecule has 24 heavy (non-hydrogen) atoms. The van der Waals surface area contributed by atoms with Crippen molar-refractivity contribution in [2.24, 2.45) is 0 Å². The van der Waals surface area contributed by atoms with Gasteiger partial charge in [0.05, 0.1) is 19.2 Å². The highest BCUT2D eigenvalue weighted by molar-refractivity contribution is 6.30. The molecule has 1 saturated heterocycles. The van der Waals surface area contributed by atoms with Gasteiger partial charge in [-0.2, -0.15) is 0 Å². The van der Waals surface area contributed by atoms with Crippen molar-refractivity contribution in [2.75, 3.05) is 13.1 Å². The van der Waals surface area contributed by atoms with Gasteiger partial charge >= 0.3 is 5.63 Å². The summed E-state index contributed by atoms with van der Waals surface area (Å²) in [6.07, 6.45) is 1.03. The number of rotatable bonds is 5. The molecule has 0 N–H and O–H groups in total. The second-order valence-electron chi connectivity index (χ2n) is 5.89. The van der Waals surface area contributed by atoms with Crippen LogP contribution in [-0.2, 0) is 11.2 Å². The summed E-state index contributed by atoms with van der Waals surface area (Å²) in [5.74, 6) is 1.09. The van der Waals surface area contributed by atoms with E-state index in [-0.39, 0.29) is 12.0 Å². The van der Waals surface area contributed by atoms with Crippen molar-refractivity contribution in [3.63, 3.8) is 0 Å². The number of halogens is 1. The Kier molecular flexibility index (Phi) is 4.90. The van der Waals surface area contributed by atoms with Crippen LogP contribution in [0.15, 0.2) is 45.6 Å².